The van der Waals surface area contributed by atoms with Crippen LogP contribution < -0.4 is 10.6 Å². The number of fused-ring (bicyclic) bond motifs is 7. The molecule has 7 rings (SSSR count). The maximum Gasteiger partial charge on any atom is 0.337 e. The SMILES string of the molecule is C=C(CSCCO)[C@@H]1CC[C@]2(C(=O)NCCc3cccc(C(=O)NCc4ccc(C(=O)O)cn4)c3)CC[C@]3(C)C(CCC4[C@@]5(C)CC[C@H](O)C(C)(C)C5CC[C@]43C)C12. The number of carbonyl (C=O) groups excluding carboxylic acids is 2. The molecule has 9 nitrogen and oxygen atoms in total. The van der Waals surface area contributed by atoms with Gasteiger partial charge < -0.3 is 26.0 Å². The van der Waals surface area contributed by atoms with Gasteiger partial charge in [0.2, 0.25) is 5.91 Å². The molecule has 0 bridgehead atoms. The van der Waals surface area contributed by atoms with Gasteiger partial charge in [-0.05, 0) is 152 Å². The van der Waals surface area contributed by atoms with E-state index in [0.29, 0.717) is 47.7 Å². The van der Waals surface area contributed by atoms with Crippen molar-refractivity contribution in [1.29, 1.82) is 0 Å². The van der Waals surface area contributed by atoms with Crippen molar-refractivity contribution in [3.8, 4) is 0 Å². The maximum atomic E-state index is 14.9. The lowest BCUT2D eigenvalue weighted by Gasteiger charge is -2.72. The Hall–Kier alpha value is -3.21. The molecule has 58 heavy (non-hydrogen) atoms. The number of carboxylic acid groups (broad SMARTS) is 1. The van der Waals surface area contributed by atoms with Gasteiger partial charge in [-0.15, -0.1) is 0 Å². The highest BCUT2D eigenvalue weighted by atomic mass is 32.2. The summed E-state index contributed by atoms with van der Waals surface area (Å²) in [5.41, 5.74) is 3.30. The summed E-state index contributed by atoms with van der Waals surface area (Å²) in [6.07, 6.45) is 12.1. The first-order chi connectivity index (χ1) is 27.5. The largest absolute Gasteiger partial charge is 0.478 e. The molecule has 5 fully saturated rings. The van der Waals surface area contributed by atoms with E-state index in [9.17, 15) is 24.6 Å². The summed E-state index contributed by atoms with van der Waals surface area (Å²) in [5.74, 6) is 2.42. The minimum absolute atomic E-state index is 0.0861. The van der Waals surface area contributed by atoms with Crippen molar-refractivity contribution in [2.45, 2.75) is 118 Å². The van der Waals surface area contributed by atoms with Crippen LogP contribution in [-0.4, -0.2) is 68.8 Å². The number of hydrogen-bond donors (Lipinski definition) is 5. The van der Waals surface area contributed by atoms with Gasteiger partial charge in [-0.3, -0.25) is 14.6 Å². The van der Waals surface area contributed by atoms with Gasteiger partial charge in [0.15, 0.2) is 0 Å². The van der Waals surface area contributed by atoms with Crippen LogP contribution in [0.3, 0.4) is 0 Å². The first-order valence-corrected chi connectivity index (χ1v) is 23.1. The molecule has 1 heterocycles. The number of nitrogens with one attached hydrogen (secondary N) is 2. The molecule has 10 atom stereocenters. The number of aromatic carboxylic acids is 1. The van der Waals surface area contributed by atoms with E-state index in [1.165, 1.54) is 30.7 Å². The second-order valence-electron chi connectivity index (χ2n) is 20.0. The van der Waals surface area contributed by atoms with Gasteiger partial charge in [0.25, 0.3) is 5.91 Å². The van der Waals surface area contributed by atoms with E-state index in [1.807, 2.05) is 18.2 Å². The predicted octanol–water partition coefficient (Wildman–Crippen LogP) is 8.09. The number of nitrogens with zero attached hydrogens (tertiary/aromatic N) is 1. The molecule has 1 aromatic heterocycles. The Bertz CT molecular complexity index is 1880. The molecule has 4 unspecified atom stereocenters. The third kappa shape index (κ3) is 7.25. The summed E-state index contributed by atoms with van der Waals surface area (Å²) in [4.78, 5) is 43.2. The molecule has 10 heteroatoms. The van der Waals surface area contributed by atoms with Crippen molar-refractivity contribution in [3.63, 3.8) is 0 Å². The monoisotopic (exact) mass is 813 g/mol. The van der Waals surface area contributed by atoms with Crippen LogP contribution in [0.15, 0.2) is 54.7 Å². The fourth-order valence-electron chi connectivity index (χ4n) is 14.1. The molecule has 5 aliphatic rings. The Morgan fingerprint density at radius 3 is 2.40 bits per heavy atom. The van der Waals surface area contributed by atoms with Crippen LogP contribution in [-0.2, 0) is 17.8 Å². The van der Waals surface area contributed by atoms with Gasteiger partial charge in [-0.1, -0.05) is 58.9 Å². The van der Waals surface area contributed by atoms with E-state index in [4.69, 9.17) is 5.11 Å². The number of rotatable bonds is 13. The van der Waals surface area contributed by atoms with Gasteiger partial charge in [0.1, 0.15) is 0 Å². The molecule has 316 valence electrons. The van der Waals surface area contributed by atoms with Crippen LogP contribution in [0.2, 0.25) is 0 Å². The highest BCUT2D eigenvalue weighted by Gasteiger charge is 2.72. The van der Waals surface area contributed by atoms with Crippen LogP contribution in [0, 0.1) is 56.7 Å². The summed E-state index contributed by atoms with van der Waals surface area (Å²) < 4.78 is 0. The number of aliphatic hydroxyl groups excluding tert-OH is 2. The number of aliphatic hydroxyl groups is 2. The van der Waals surface area contributed by atoms with Gasteiger partial charge in [0.05, 0.1) is 35.9 Å². The zero-order valence-corrected chi connectivity index (χ0v) is 36.3. The number of thioether (sulfide) groups is 1. The normalized spacial score (nSPS) is 36.1. The first kappa shape index (κ1) is 42.9. The fourth-order valence-corrected chi connectivity index (χ4v) is 14.8. The molecular formula is C48H67N3O6S. The molecule has 2 amide bonds. The number of carbonyl (C=O) groups is 3. The Morgan fingerprint density at radius 1 is 0.879 bits per heavy atom. The number of pyridine rings is 1. The summed E-state index contributed by atoms with van der Waals surface area (Å²) in [7, 11) is 0. The van der Waals surface area contributed by atoms with Crippen molar-refractivity contribution in [3.05, 3.63) is 77.1 Å². The quantitative estimate of drug-likeness (QED) is 0.101. The Labute approximate surface area is 350 Å². The molecule has 5 aliphatic carbocycles. The summed E-state index contributed by atoms with van der Waals surface area (Å²) in [5, 5.41) is 36.2. The summed E-state index contributed by atoms with van der Waals surface area (Å²) >= 11 is 1.75. The number of hydrogen-bond acceptors (Lipinski definition) is 7. The van der Waals surface area contributed by atoms with Crippen molar-refractivity contribution >= 4 is 29.5 Å². The first-order valence-electron chi connectivity index (χ1n) is 21.9. The van der Waals surface area contributed by atoms with Crippen molar-refractivity contribution < 1.29 is 29.7 Å². The minimum Gasteiger partial charge on any atom is -0.478 e. The predicted molar refractivity (Wildman–Crippen MR) is 229 cm³/mol. The number of amides is 2. The van der Waals surface area contributed by atoms with E-state index in [2.05, 4.69) is 56.8 Å². The molecule has 5 saturated carbocycles. The standard InChI is InChI=1S/C48H67N3O6S/c1-30(29-58-25-24-52)35-14-20-48(43(57)49-23-17-31-8-7-9-32(26-31)41(54)51-28-34-11-10-33(27-50-34)42(55)56)22-21-46(5)36(40(35)48)12-13-38-45(4)18-16-39(53)44(2,3)37(45)15-19-47(38,46)6/h7-11,26-27,35-40,52-53H,1,12-25,28-29H2,2-6H3,(H,49,57)(H,51,54)(H,55,56)/t35-,36?,37?,38?,39-,40?,45-,46+,47+,48-/m0/s1. The maximum absolute atomic E-state index is 14.9. The molecule has 1 aromatic carbocycles. The highest BCUT2D eigenvalue weighted by Crippen LogP contribution is 2.77. The van der Waals surface area contributed by atoms with Crippen LogP contribution in [0.4, 0.5) is 0 Å². The van der Waals surface area contributed by atoms with Crippen LogP contribution >= 0.6 is 11.8 Å². The smallest absolute Gasteiger partial charge is 0.337 e. The third-order valence-corrected chi connectivity index (χ3v) is 18.3. The zero-order valence-electron chi connectivity index (χ0n) is 35.4. The van der Waals surface area contributed by atoms with Crippen molar-refractivity contribution in [2.24, 2.45) is 56.7 Å². The molecule has 0 aliphatic heterocycles. The Balaban J connectivity index is 1.07. The van der Waals surface area contributed by atoms with Gasteiger partial charge in [0, 0.05) is 29.8 Å². The average Bonchev–Trinajstić information content (AvgIpc) is 3.60. The lowest BCUT2D eigenvalue weighted by atomic mass is 9.32. The highest BCUT2D eigenvalue weighted by molar-refractivity contribution is 7.99. The van der Waals surface area contributed by atoms with Gasteiger partial charge in [-0.2, -0.15) is 11.8 Å². The van der Waals surface area contributed by atoms with E-state index in [-0.39, 0.29) is 70.1 Å². The second-order valence-corrected chi connectivity index (χ2v) is 21.1. The lowest BCUT2D eigenvalue weighted by Crippen LogP contribution is -2.67. The molecule has 5 N–H and O–H groups in total. The van der Waals surface area contributed by atoms with Gasteiger partial charge >= 0.3 is 5.97 Å². The summed E-state index contributed by atoms with van der Waals surface area (Å²) in [6.45, 7) is 17.9. The topological polar surface area (TPSA) is 149 Å². The molecule has 0 radical (unpaired) electrons. The van der Waals surface area contributed by atoms with E-state index < -0.39 is 11.4 Å². The zero-order chi connectivity index (χ0) is 41.7. The average molecular weight is 814 g/mol. The molecule has 2 aromatic rings. The minimum atomic E-state index is -1.05. The van der Waals surface area contributed by atoms with Crippen LogP contribution in [0.1, 0.15) is 131 Å². The molecule has 0 saturated heterocycles. The summed E-state index contributed by atoms with van der Waals surface area (Å²) in [6, 6.07) is 10.6. The van der Waals surface area contributed by atoms with E-state index in [1.54, 1.807) is 23.9 Å². The molecule has 0 spiro atoms. The Kier molecular flexibility index (Phi) is 12.1. The van der Waals surface area contributed by atoms with E-state index in [0.717, 1.165) is 62.7 Å². The van der Waals surface area contributed by atoms with Gasteiger partial charge in [-0.25, -0.2) is 4.79 Å². The Morgan fingerprint density at radius 2 is 1.67 bits per heavy atom. The van der Waals surface area contributed by atoms with E-state index >= 15 is 0 Å². The van der Waals surface area contributed by atoms with Crippen molar-refractivity contribution in [2.75, 3.05) is 24.7 Å². The van der Waals surface area contributed by atoms with Crippen molar-refractivity contribution in [1.82, 2.24) is 15.6 Å². The number of benzene rings is 1. The number of aromatic nitrogens is 1. The van der Waals surface area contributed by atoms with Crippen LogP contribution in [0.25, 0.3) is 0 Å². The second kappa shape index (κ2) is 16.3. The fraction of sp³-hybridized carbons (Fsp3) is 0.667. The number of carboxylic acids is 1. The van der Waals surface area contributed by atoms with Crippen LogP contribution in [0.5, 0.6) is 0 Å². The lowest BCUT2D eigenvalue weighted by molar-refractivity contribution is -0.246. The third-order valence-electron chi connectivity index (χ3n) is 17.3. The molecular weight excluding hydrogens is 747 g/mol.